The summed E-state index contributed by atoms with van der Waals surface area (Å²) >= 11 is 0. The number of rotatable bonds is 11. The lowest BCUT2D eigenvalue weighted by Gasteiger charge is -2.35. The van der Waals surface area contributed by atoms with Crippen LogP contribution in [0.4, 0.5) is 11.5 Å². The molecule has 1 heterocycles. The van der Waals surface area contributed by atoms with E-state index in [2.05, 4.69) is 15.8 Å². The van der Waals surface area contributed by atoms with Gasteiger partial charge in [0, 0.05) is 30.1 Å². The second kappa shape index (κ2) is 12.4. The van der Waals surface area contributed by atoms with Crippen molar-refractivity contribution in [3.63, 3.8) is 0 Å². The van der Waals surface area contributed by atoms with Gasteiger partial charge in [-0.25, -0.2) is 0 Å². The number of carbonyl (C=O) groups is 3. The van der Waals surface area contributed by atoms with E-state index in [9.17, 15) is 14.4 Å². The molecule has 3 aromatic rings. The van der Waals surface area contributed by atoms with Crippen molar-refractivity contribution in [3.8, 4) is 5.75 Å². The Hall–Kier alpha value is -4.14. The fourth-order valence-corrected chi connectivity index (χ4v) is 3.88. The van der Waals surface area contributed by atoms with Crippen LogP contribution in [0.15, 0.2) is 59.1 Å². The van der Waals surface area contributed by atoms with E-state index in [1.165, 1.54) is 4.90 Å². The van der Waals surface area contributed by atoms with Gasteiger partial charge in [-0.1, -0.05) is 36.3 Å². The van der Waals surface area contributed by atoms with Gasteiger partial charge in [-0.05, 0) is 69.5 Å². The number of carbonyl (C=O) groups excluding carboxylic acids is 3. The highest BCUT2D eigenvalue weighted by atomic mass is 16.5. The van der Waals surface area contributed by atoms with Gasteiger partial charge >= 0.3 is 0 Å². The van der Waals surface area contributed by atoms with Crippen molar-refractivity contribution in [1.29, 1.82) is 0 Å². The maximum atomic E-state index is 13.8. The first-order chi connectivity index (χ1) is 18.0. The summed E-state index contributed by atoms with van der Waals surface area (Å²) < 4.78 is 10.3. The average Bonchev–Trinajstić information content (AvgIpc) is 3.29. The van der Waals surface area contributed by atoms with Gasteiger partial charge in [0.2, 0.25) is 17.7 Å². The Morgan fingerprint density at radius 1 is 1.05 bits per heavy atom. The van der Waals surface area contributed by atoms with E-state index in [4.69, 9.17) is 9.26 Å². The van der Waals surface area contributed by atoms with Gasteiger partial charge in [0.15, 0.2) is 5.82 Å². The predicted octanol–water partition coefficient (Wildman–Crippen LogP) is 5.10. The Labute approximate surface area is 223 Å². The molecule has 1 aromatic heterocycles. The van der Waals surface area contributed by atoms with Gasteiger partial charge in [0.1, 0.15) is 17.6 Å². The SMILES string of the molecule is CCC(C)(C)NC(=O)C(c1ccc(OC)cc1)N(C(=O)CCC(=O)Nc1cc(C)on1)c1cccc(C)c1. The summed E-state index contributed by atoms with van der Waals surface area (Å²) in [5.41, 5.74) is 1.63. The average molecular weight is 521 g/mol. The first-order valence-electron chi connectivity index (χ1n) is 12.6. The molecule has 1 unspecified atom stereocenters. The number of benzene rings is 2. The van der Waals surface area contributed by atoms with E-state index < -0.39 is 11.6 Å². The standard InChI is InChI=1S/C29H36N4O5/c1-7-29(4,5)31-28(36)27(21-11-13-23(37-6)14-12-21)33(22-10-8-9-19(2)17-22)26(35)16-15-25(34)30-24-18-20(3)38-32-24/h8-14,17-18,27H,7,15-16H2,1-6H3,(H,31,36)(H,30,32,34). The van der Waals surface area contributed by atoms with Crippen LogP contribution in [-0.2, 0) is 14.4 Å². The molecule has 38 heavy (non-hydrogen) atoms. The third kappa shape index (κ3) is 7.44. The number of methoxy groups -OCH3 is 1. The second-order valence-electron chi connectivity index (χ2n) is 9.88. The number of nitrogens with zero attached hydrogens (tertiary/aromatic N) is 2. The molecule has 0 bridgehead atoms. The molecule has 3 rings (SSSR count). The van der Waals surface area contributed by atoms with Crippen LogP contribution < -0.4 is 20.3 Å². The quantitative estimate of drug-likeness (QED) is 0.364. The van der Waals surface area contributed by atoms with E-state index in [1.807, 2.05) is 45.9 Å². The van der Waals surface area contributed by atoms with Crippen LogP contribution in [0.5, 0.6) is 5.75 Å². The van der Waals surface area contributed by atoms with E-state index in [-0.39, 0.29) is 36.4 Å². The molecule has 2 N–H and O–H groups in total. The molecule has 202 valence electrons. The molecule has 0 saturated heterocycles. The monoisotopic (exact) mass is 520 g/mol. The minimum absolute atomic E-state index is 0.0928. The lowest BCUT2D eigenvalue weighted by molar-refractivity contribution is -0.128. The molecule has 3 amide bonds. The van der Waals surface area contributed by atoms with Crippen LogP contribution in [-0.4, -0.2) is 35.5 Å². The van der Waals surface area contributed by atoms with Crippen LogP contribution in [0.3, 0.4) is 0 Å². The van der Waals surface area contributed by atoms with Gasteiger partial charge in [-0.2, -0.15) is 0 Å². The number of aryl methyl sites for hydroxylation is 2. The van der Waals surface area contributed by atoms with Crippen LogP contribution in [0, 0.1) is 13.8 Å². The Bertz CT molecular complexity index is 1270. The van der Waals surface area contributed by atoms with Crippen LogP contribution in [0.1, 0.15) is 63.0 Å². The maximum Gasteiger partial charge on any atom is 0.248 e. The summed E-state index contributed by atoms with van der Waals surface area (Å²) in [6.45, 7) is 9.49. The molecule has 0 fully saturated rings. The number of aromatic nitrogens is 1. The Kier molecular flexibility index (Phi) is 9.28. The zero-order chi connectivity index (χ0) is 27.9. The number of hydrogen-bond acceptors (Lipinski definition) is 6. The fraction of sp³-hybridized carbons (Fsp3) is 0.379. The second-order valence-corrected chi connectivity index (χ2v) is 9.88. The van der Waals surface area contributed by atoms with Gasteiger partial charge in [0.25, 0.3) is 0 Å². The van der Waals surface area contributed by atoms with Gasteiger partial charge < -0.3 is 19.9 Å². The van der Waals surface area contributed by atoms with Crippen molar-refractivity contribution in [1.82, 2.24) is 10.5 Å². The zero-order valence-electron chi connectivity index (χ0n) is 22.8. The van der Waals surface area contributed by atoms with Gasteiger partial charge in [0.05, 0.1) is 7.11 Å². The number of ether oxygens (including phenoxy) is 1. The minimum atomic E-state index is -0.970. The Morgan fingerprint density at radius 3 is 2.34 bits per heavy atom. The molecule has 0 radical (unpaired) electrons. The smallest absolute Gasteiger partial charge is 0.248 e. The third-order valence-corrected chi connectivity index (χ3v) is 6.29. The van der Waals surface area contributed by atoms with Crippen molar-refractivity contribution in [3.05, 3.63) is 71.5 Å². The van der Waals surface area contributed by atoms with Crippen molar-refractivity contribution >= 4 is 29.2 Å². The molecule has 1 atom stereocenters. The summed E-state index contributed by atoms with van der Waals surface area (Å²) in [6.07, 6.45) is 0.492. The van der Waals surface area contributed by atoms with E-state index in [1.54, 1.807) is 50.4 Å². The molecule has 0 aliphatic carbocycles. The van der Waals surface area contributed by atoms with E-state index in [0.29, 0.717) is 29.2 Å². The lowest BCUT2D eigenvalue weighted by atomic mass is 9.97. The van der Waals surface area contributed by atoms with Crippen LogP contribution in [0.2, 0.25) is 0 Å². The summed E-state index contributed by atoms with van der Waals surface area (Å²) in [6, 6.07) is 15.1. The van der Waals surface area contributed by atoms with Crippen molar-refractivity contribution < 1.29 is 23.6 Å². The van der Waals surface area contributed by atoms with Crippen molar-refractivity contribution in [2.45, 2.75) is 65.5 Å². The van der Waals surface area contributed by atoms with E-state index in [0.717, 1.165) is 5.56 Å². The molecule has 9 nitrogen and oxygen atoms in total. The predicted molar refractivity (Wildman–Crippen MR) is 146 cm³/mol. The highest BCUT2D eigenvalue weighted by Gasteiger charge is 2.35. The molecule has 0 saturated carbocycles. The minimum Gasteiger partial charge on any atom is -0.497 e. The molecule has 0 aliphatic rings. The van der Waals surface area contributed by atoms with Gasteiger partial charge in [-0.3, -0.25) is 19.3 Å². The normalized spacial score (nSPS) is 11.9. The molecule has 0 spiro atoms. The first kappa shape index (κ1) is 28.4. The number of hydrogen-bond donors (Lipinski definition) is 2. The number of amides is 3. The number of nitrogens with one attached hydrogen (secondary N) is 2. The topological polar surface area (TPSA) is 114 Å². The Morgan fingerprint density at radius 2 is 1.76 bits per heavy atom. The molecular formula is C29H36N4O5. The maximum absolute atomic E-state index is 13.8. The molecule has 9 heteroatoms. The van der Waals surface area contributed by atoms with Crippen molar-refractivity contribution in [2.24, 2.45) is 0 Å². The zero-order valence-corrected chi connectivity index (χ0v) is 22.8. The number of anilines is 2. The summed E-state index contributed by atoms with van der Waals surface area (Å²) in [4.78, 5) is 41.7. The van der Waals surface area contributed by atoms with E-state index >= 15 is 0 Å². The summed E-state index contributed by atoms with van der Waals surface area (Å²) in [5.74, 6) is 0.410. The third-order valence-electron chi connectivity index (χ3n) is 6.29. The van der Waals surface area contributed by atoms with Gasteiger partial charge in [-0.15, -0.1) is 0 Å². The molecule has 2 aromatic carbocycles. The van der Waals surface area contributed by atoms with Crippen LogP contribution in [0.25, 0.3) is 0 Å². The Balaban J connectivity index is 1.97. The molecule has 0 aliphatic heterocycles. The lowest BCUT2D eigenvalue weighted by Crippen LogP contribution is -2.50. The fourth-order valence-electron chi connectivity index (χ4n) is 3.88. The van der Waals surface area contributed by atoms with Crippen molar-refractivity contribution in [2.75, 3.05) is 17.3 Å². The highest BCUT2D eigenvalue weighted by molar-refractivity contribution is 6.03. The van der Waals surface area contributed by atoms with Crippen LogP contribution >= 0.6 is 0 Å². The first-order valence-corrected chi connectivity index (χ1v) is 12.6. The summed E-state index contributed by atoms with van der Waals surface area (Å²) in [5, 5.41) is 9.48. The summed E-state index contributed by atoms with van der Waals surface area (Å²) in [7, 11) is 1.57. The molecular weight excluding hydrogens is 484 g/mol. The highest BCUT2D eigenvalue weighted by Crippen LogP contribution is 2.31. The largest absolute Gasteiger partial charge is 0.497 e.